The van der Waals surface area contributed by atoms with E-state index < -0.39 is 10.8 Å². The number of nitrogens with one attached hydrogen (secondary N) is 1. The molecule has 158 valence electrons. The van der Waals surface area contributed by atoms with Crippen molar-refractivity contribution in [2.24, 2.45) is 11.3 Å². The van der Waals surface area contributed by atoms with Crippen LogP contribution in [0.25, 0.3) is 0 Å². The number of rotatable bonds is 9. The Hall–Kier alpha value is -2.56. The number of methoxy groups -OCH3 is 1. The number of aromatic nitrogens is 1. The molecule has 2 unspecified atom stereocenters. The maximum atomic E-state index is 13.4. The van der Waals surface area contributed by atoms with Gasteiger partial charge in [-0.1, -0.05) is 39.8 Å². The van der Waals surface area contributed by atoms with E-state index in [-0.39, 0.29) is 24.3 Å². The van der Waals surface area contributed by atoms with Crippen molar-refractivity contribution in [1.29, 1.82) is 0 Å². The number of hydrogen-bond donors (Lipinski definition) is 1. The molecule has 0 aliphatic heterocycles. The minimum atomic E-state index is -1.02. The fraction of sp³-hybridized carbons (Fsp3) is 0.500. The van der Waals surface area contributed by atoms with Crippen molar-refractivity contribution in [3.63, 3.8) is 0 Å². The first-order valence-corrected chi connectivity index (χ1v) is 10.1. The highest BCUT2D eigenvalue weighted by Gasteiger charge is 2.46. The highest BCUT2D eigenvalue weighted by atomic mass is 16.5. The van der Waals surface area contributed by atoms with Crippen LogP contribution in [-0.4, -0.2) is 30.5 Å². The van der Waals surface area contributed by atoms with E-state index in [1.165, 1.54) is 0 Å². The zero-order valence-corrected chi connectivity index (χ0v) is 18.4. The summed E-state index contributed by atoms with van der Waals surface area (Å²) < 4.78 is 10.8. The van der Waals surface area contributed by atoms with E-state index in [1.54, 1.807) is 20.2 Å². The van der Waals surface area contributed by atoms with E-state index in [9.17, 15) is 9.59 Å². The Balaban J connectivity index is 2.53. The fourth-order valence-electron chi connectivity index (χ4n) is 3.64. The number of esters is 1. The van der Waals surface area contributed by atoms with Gasteiger partial charge in [-0.2, -0.15) is 0 Å². The number of ketones is 1. The summed E-state index contributed by atoms with van der Waals surface area (Å²) in [6.45, 7) is 9.88. The van der Waals surface area contributed by atoms with Gasteiger partial charge in [0.1, 0.15) is 16.9 Å². The molecule has 29 heavy (non-hydrogen) atoms. The van der Waals surface area contributed by atoms with E-state index in [2.05, 4.69) is 4.98 Å². The molecule has 2 atom stereocenters. The fourth-order valence-corrected chi connectivity index (χ4v) is 3.64. The van der Waals surface area contributed by atoms with Gasteiger partial charge in [-0.15, -0.1) is 0 Å². The lowest BCUT2D eigenvalue weighted by Crippen LogP contribution is -2.41. The van der Waals surface area contributed by atoms with Gasteiger partial charge >= 0.3 is 5.97 Å². The van der Waals surface area contributed by atoms with Crippen molar-refractivity contribution in [2.75, 3.05) is 13.7 Å². The Labute approximate surface area is 173 Å². The molecule has 5 nitrogen and oxygen atoms in total. The molecule has 0 fully saturated rings. The number of H-pyrrole nitrogens is 1. The summed E-state index contributed by atoms with van der Waals surface area (Å²) in [5.74, 6) is 0.567. The average molecular weight is 400 g/mol. The van der Waals surface area contributed by atoms with Gasteiger partial charge in [0.25, 0.3) is 0 Å². The molecule has 1 N–H and O–H groups in total. The Bertz CT molecular complexity index is 802. The molecule has 0 amide bonds. The van der Waals surface area contributed by atoms with E-state index >= 15 is 0 Å². The standard InChI is InChI=1S/C24H33NO4/c1-7-29-22(27)24(20-9-8-14-25-20,18-10-12-19(28-6)13-11-18)16-17(2)15-21(26)23(3,4)5/h8-14,17,25H,7,15-16H2,1-6H3. The molecule has 0 spiro atoms. The minimum Gasteiger partial charge on any atom is -0.497 e. The molecule has 0 radical (unpaired) electrons. The van der Waals surface area contributed by atoms with E-state index in [4.69, 9.17) is 9.47 Å². The van der Waals surface area contributed by atoms with Gasteiger partial charge in [0.2, 0.25) is 0 Å². The minimum absolute atomic E-state index is 0.0171. The first-order chi connectivity index (χ1) is 13.6. The lowest BCUT2D eigenvalue weighted by molar-refractivity contribution is -0.149. The Morgan fingerprint density at radius 2 is 1.76 bits per heavy atom. The monoisotopic (exact) mass is 399 g/mol. The third kappa shape index (κ3) is 5.08. The second-order valence-corrected chi connectivity index (χ2v) is 8.62. The molecule has 1 aromatic heterocycles. The topological polar surface area (TPSA) is 68.4 Å². The summed E-state index contributed by atoms with van der Waals surface area (Å²) >= 11 is 0. The van der Waals surface area contributed by atoms with Crippen LogP contribution in [0.1, 0.15) is 58.7 Å². The summed E-state index contributed by atoms with van der Waals surface area (Å²) in [4.78, 5) is 29.2. The lowest BCUT2D eigenvalue weighted by Gasteiger charge is -2.34. The zero-order chi connectivity index (χ0) is 21.7. The Kier molecular flexibility index (Phi) is 7.28. The average Bonchev–Trinajstić information content (AvgIpc) is 3.20. The first kappa shape index (κ1) is 22.7. The summed E-state index contributed by atoms with van der Waals surface area (Å²) in [5, 5.41) is 0. The van der Waals surface area contributed by atoms with Crippen molar-refractivity contribution in [3.8, 4) is 5.75 Å². The van der Waals surface area contributed by atoms with Crippen LogP contribution in [0.5, 0.6) is 5.75 Å². The van der Waals surface area contributed by atoms with Crippen molar-refractivity contribution < 1.29 is 19.1 Å². The molecular weight excluding hydrogens is 366 g/mol. The first-order valence-electron chi connectivity index (χ1n) is 10.1. The molecule has 0 saturated carbocycles. The van der Waals surface area contributed by atoms with Gasteiger partial charge in [-0.3, -0.25) is 9.59 Å². The molecule has 0 aliphatic carbocycles. The summed E-state index contributed by atoms with van der Waals surface area (Å²) in [6.07, 6.45) is 2.67. The number of benzene rings is 1. The van der Waals surface area contributed by atoms with E-state index in [0.717, 1.165) is 11.3 Å². The van der Waals surface area contributed by atoms with Crippen LogP contribution in [0.3, 0.4) is 0 Å². The van der Waals surface area contributed by atoms with Gasteiger partial charge in [0.05, 0.1) is 13.7 Å². The third-order valence-electron chi connectivity index (χ3n) is 5.29. The molecule has 1 aromatic carbocycles. The normalized spacial score (nSPS) is 14.7. The van der Waals surface area contributed by atoms with E-state index in [1.807, 2.05) is 64.1 Å². The number of carbonyl (C=O) groups excluding carboxylic acids is 2. The molecule has 0 bridgehead atoms. The zero-order valence-electron chi connectivity index (χ0n) is 18.4. The molecule has 0 aliphatic rings. The molecule has 2 rings (SSSR count). The Morgan fingerprint density at radius 1 is 1.10 bits per heavy atom. The van der Waals surface area contributed by atoms with Crippen LogP contribution in [0, 0.1) is 11.3 Å². The number of Topliss-reactive ketones (excluding diaryl/α,β-unsaturated/α-hetero) is 1. The van der Waals surface area contributed by atoms with Crippen LogP contribution in [0.4, 0.5) is 0 Å². The summed E-state index contributed by atoms with van der Waals surface area (Å²) in [6, 6.07) is 11.3. The van der Waals surface area contributed by atoms with Gasteiger partial charge < -0.3 is 14.5 Å². The highest BCUT2D eigenvalue weighted by Crippen LogP contribution is 2.41. The molecule has 1 heterocycles. The van der Waals surface area contributed by atoms with Crippen molar-refractivity contribution >= 4 is 11.8 Å². The third-order valence-corrected chi connectivity index (χ3v) is 5.29. The largest absolute Gasteiger partial charge is 0.497 e. The number of carbonyl (C=O) groups is 2. The molecule has 5 heteroatoms. The summed E-state index contributed by atoms with van der Waals surface area (Å²) in [7, 11) is 1.61. The van der Waals surface area contributed by atoms with Crippen LogP contribution in [0.2, 0.25) is 0 Å². The highest BCUT2D eigenvalue weighted by molar-refractivity contribution is 5.88. The van der Waals surface area contributed by atoms with Crippen LogP contribution in [0.15, 0.2) is 42.6 Å². The molecular formula is C24H33NO4. The number of aromatic amines is 1. The maximum Gasteiger partial charge on any atom is 0.322 e. The Morgan fingerprint density at radius 3 is 2.24 bits per heavy atom. The van der Waals surface area contributed by atoms with Crippen molar-refractivity contribution in [3.05, 3.63) is 53.9 Å². The summed E-state index contributed by atoms with van der Waals surface area (Å²) in [5.41, 5.74) is 0.141. The maximum absolute atomic E-state index is 13.4. The van der Waals surface area contributed by atoms with Crippen LogP contribution < -0.4 is 4.74 Å². The second kappa shape index (κ2) is 9.29. The predicted octanol–water partition coefficient (Wildman–Crippen LogP) is 4.90. The van der Waals surface area contributed by atoms with Gasteiger partial charge in [0, 0.05) is 23.7 Å². The molecule has 2 aromatic rings. The van der Waals surface area contributed by atoms with Crippen molar-refractivity contribution in [1.82, 2.24) is 4.98 Å². The van der Waals surface area contributed by atoms with Gasteiger partial charge in [-0.25, -0.2) is 0 Å². The lowest BCUT2D eigenvalue weighted by atomic mass is 9.70. The second-order valence-electron chi connectivity index (χ2n) is 8.62. The van der Waals surface area contributed by atoms with Crippen LogP contribution in [-0.2, 0) is 19.7 Å². The van der Waals surface area contributed by atoms with Gasteiger partial charge in [0.15, 0.2) is 0 Å². The van der Waals surface area contributed by atoms with Gasteiger partial charge in [-0.05, 0) is 49.1 Å². The predicted molar refractivity (Wildman–Crippen MR) is 114 cm³/mol. The SMILES string of the molecule is CCOC(=O)C(CC(C)CC(=O)C(C)(C)C)(c1ccc(OC)cc1)c1ccc[nH]1. The molecule has 0 saturated heterocycles. The smallest absolute Gasteiger partial charge is 0.322 e. The van der Waals surface area contributed by atoms with Crippen molar-refractivity contribution in [2.45, 2.75) is 52.9 Å². The van der Waals surface area contributed by atoms with Crippen LogP contribution >= 0.6 is 0 Å². The quantitative estimate of drug-likeness (QED) is 0.609. The van der Waals surface area contributed by atoms with E-state index in [0.29, 0.717) is 18.6 Å². The number of ether oxygens (including phenoxy) is 2. The number of hydrogen-bond acceptors (Lipinski definition) is 4.